The van der Waals surface area contributed by atoms with Gasteiger partial charge in [-0.3, -0.25) is 4.79 Å². The predicted molar refractivity (Wildman–Crippen MR) is 81.2 cm³/mol. The topological polar surface area (TPSA) is 38.3 Å². The van der Waals surface area contributed by atoms with Crippen LogP contribution < -0.4 is 10.1 Å². The summed E-state index contributed by atoms with van der Waals surface area (Å²) in [5.41, 5.74) is 3.00. The standard InChI is InChI=1S/C17H18FNO2/c1-11-4-5-13(3)16(8-11)21-10-17(20)19-14-7-6-12(2)15(18)9-14/h4-9H,10H2,1-3H3,(H,19,20). The van der Waals surface area contributed by atoms with Crippen molar-refractivity contribution in [3.05, 3.63) is 58.9 Å². The Morgan fingerprint density at radius 1 is 1.10 bits per heavy atom. The molecule has 0 aliphatic rings. The molecule has 4 heteroatoms. The Balaban J connectivity index is 1.95. The second-order valence-electron chi connectivity index (χ2n) is 5.07. The quantitative estimate of drug-likeness (QED) is 0.929. The molecule has 0 bridgehead atoms. The molecule has 0 heterocycles. The molecule has 2 rings (SSSR count). The van der Waals surface area contributed by atoms with Crippen LogP contribution in [0.4, 0.5) is 10.1 Å². The van der Waals surface area contributed by atoms with Gasteiger partial charge in [-0.1, -0.05) is 18.2 Å². The van der Waals surface area contributed by atoms with Crippen LogP contribution in [0.5, 0.6) is 5.75 Å². The van der Waals surface area contributed by atoms with Crippen LogP contribution in [-0.2, 0) is 4.79 Å². The first kappa shape index (κ1) is 15.0. The van der Waals surface area contributed by atoms with E-state index in [9.17, 15) is 9.18 Å². The first-order chi connectivity index (χ1) is 9.95. The Morgan fingerprint density at radius 2 is 1.81 bits per heavy atom. The summed E-state index contributed by atoms with van der Waals surface area (Å²) in [5, 5.41) is 2.61. The minimum absolute atomic E-state index is 0.111. The lowest BCUT2D eigenvalue weighted by Crippen LogP contribution is -2.20. The van der Waals surface area contributed by atoms with Crippen LogP contribution in [0.3, 0.4) is 0 Å². The van der Waals surface area contributed by atoms with Crippen LogP contribution in [0.1, 0.15) is 16.7 Å². The van der Waals surface area contributed by atoms with Crippen molar-refractivity contribution in [3.8, 4) is 5.75 Å². The van der Waals surface area contributed by atoms with Crippen molar-refractivity contribution >= 4 is 11.6 Å². The van der Waals surface area contributed by atoms with Gasteiger partial charge in [0, 0.05) is 5.69 Å². The molecular weight excluding hydrogens is 269 g/mol. The number of hydrogen-bond acceptors (Lipinski definition) is 2. The number of hydrogen-bond donors (Lipinski definition) is 1. The predicted octanol–water partition coefficient (Wildman–Crippen LogP) is 3.77. The summed E-state index contributed by atoms with van der Waals surface area (Å²) in [6, 6.07) is 10.4. The molecule has 2 aromatic rings. The molecule has 1 N–H and O–H groups in total. The number of carbonyl (C=O) groups excluding carboxylic acids is 1. The number of halogens is 1. The number of aryl methyl sites for hydroxylation is 3. The molecule has 0 aliphatic heterocycles. The van der Waals surface area contributed by atoms with Gasteiger partial charge in [0.25, 0.3) is 5.91 Å². The highest BCUT2D eigenvalue weighted by atomic mass is 19.1. The molecule has 0 radical (unpaired) electrons. The van der Waals surface area contributed by atoms with Crippen molar-refractivity contribution < 1.29 is 13.9 Å². The Kier molecular flexibility index (Phi) is 4.58. The zero-order valence-corrected chi connectivity index (χ0v) is 12.4. The minimum atomic E-state index is -0.344. The van der Waals surface area contributed by atoms with E-state index in [-0.39, 0.29) is 18.3 Å². The van der Waals surface area contributed by atoms with Gasteiger partial charge in [0.2, 0.25) is 0 Å². The minimum Gasteiger partial charge on any atom is -0.483 e. The molecule has 0 saturated heterocycles. The van der Waals surface area contributed by atoms with E-state index in [2.05, 4.69) is 5.32 Å². The molecule has 110 valence electrons. The van der Waals surface area contributed by atoms with Crippen LogP contribution in [0.25, 0.3) is 0 Å². The third-order valence-electron chi connectivity index (χ3n) is 3.16. The van der Waals surface area contributed by atoms with E-state index in [1.54, 1.807) is 19.1 Å². The first-order valence-electron chi connectivity index (χ1n) is 6.72. The lowest BCUT2D eigenvalue weighted by Gasteiger charge is -2.10. The fourth-order valence-electron chi connectivity index (χ4n) is 1.87. The summed E-state index contributed by atoms with van der Waals surface area (Å²) in [7, 11) is 0. The second kappa shape index (κ2) is 6.39. The molecule has 0 atom stereocenters. The maximum Gasteiger partial charge on any atom is 0.262 e. The maximum atomic E-state index is 13.4. The molecule has 3 nitrogen and oxygen atoms in total. The summed E-state index contributed by atoms with van der Waals surface area (Å²) >= 11 is 0. The monoisotopic (exact) mass is 287 g/mol. The number of rotatable bonds is 4. The molecule has 2 aromatic carbocycles. The number of ether oxygens (including phenoxy) is 1. The summed E-state index contributed by atoms with van der Waals surface area (Å²) in [6.07, 6.45) is 0. The number of anilines is 1. The van der Waals surface area contributed by atoms with Crippen molar-refractivity contribution in [2.75, 3.05) is 11.9 Å². The molecule has 21 heavy (non-hydrogen) atoms. The normalized spacial score (nSPS) is 10.3. The Bertz CT molecular complexity index is 668. The van der Waals surface area contributed by atoms with Gasteiger partial charge in [-0.05, 0) is 55.7 Å². The van der Waals surface area contributed by atoms with Gasteiger partial charge in [-0.2, -0.15) is 0 Å². The fraction of sp³-hybridized carbons (Fsp3) is 0.235. The van der Waals surface area contributed by atoms with Crippen LogP contribution in [-0.4, -0.2) is 12.5 Å². The Morgan fingerprint density at radius 3 is 2.52 bits per heavy atom. The van der Waals surface area contributed by atoms with Gasteiger partial charge in [0.05, 0.1) is 0 Å². The van der Waals surface area contributed by atoms with E-state index >= 15 is 0 Å². The van der Waals surface area contributed by atoms with E-state index < -0.39 is 0 Å². The van der Waals surface area contributed by atoms with Crippen molar-refractivity contribution in [1.82, 2.24) is 0 Å². The second-order valence-corrected chi connectivity index (χ2v) is 5.07. The lowest BCUT2D eigenvalue weighted by atomic mass is 10.1. The highest BCUT2D eigenvalue weighted by molar-refractivity contribution is 5.91. The van der Waals surface area contributed by atoms with Gasteiger partial charge in [-0.25, -0.2) is 4.39 Å². The van der Waals surface area contributed by atoms with Gasteiger partial charge < -0.3 is 10.1 Å². The number of benzene rings is 2. The SMILES string of the molecule is Cc1ccc(C)c(OCC(=O)Nc2ccc(C)c(F)c2)c1. The maximum absolute atomic E-state index is 13.4. The van der Waals surface area contributed by atoms with Crippen molar-refractivity contribution in [3.63, 3.8) is 0 Å². The average molecular weight is 287 g/mol. The lowest BCUT2D eigenvalue weighted by molar-refractivity contribution is -0.118. The molecular formula is C17H18FNO2. The molecule has 0 spiro atoms. The Labute approximate surface area is 123 Å². The van der Waals surface area contributed by atoms with Crippen molar-refractivity contribution in [1.29, 1.82) is 0 Å². The van der Waals surface area contributed by atoms with E-state index in [1.165, 1.54) is 6.07 Å². The number of amides is 1. The molecule has 0 unspecified atom stereocenters. The van der Waals surface area contributed by atoms with Gasteiger partial charge in [0.1, 0.15) is 11.6 Å². The first-order valence-corrected chi connectivity index (χ1v) is 6.72. The third kappa shape index (κ3) is 4.05. The van der Waals surface area contributed by atoms with E-state index in [0.29, 0.717) is 17.0 Å². The van der Waals surface area contributed by atoms with Crippen LogP contribution in [0.15, 0.2) is 36.4 Å². The van der Waals surface area contributed by atoms with E-state index in [0.717, 1.165) is 11.1 Å². The number of nitrogens with one attached hydrogen (secondary N) is 1. The largest absolute Gasteiger partial charge is 0.483 e. The van der Waals surface area contributed by atoms with Crippen molar-refractivity contribution in [2.24, 2.45) is 0 Å². The highest BCUT2D eigenvalue weighted by Crippen LogP contribution is 2.19. The van der Waals surface area contributed by atoms with E-state index in [1.807, 2.05) is 32.0 Å². The van der Waals surface area contributed by atoms with Gasteiger partial charge in [-0.15, -0.1) is 0 Å². The van der Waals surface area contributed by atoms with Gasteiger partial charge in [0.15, 0.2) is 6.61 Å². The Hall–Kier alpha value is -2.36. The fourth-order valence-corrected chi connectivity index (χ4v) is 1.87. The molecule has 0 aromatic heterocycles. The van der Waals surface area contributed by atoms with Crippen LogP contribution in [0.2, 0.25) is 0 Å². The molecule has 0 aliphatic carbocycles. The average Bonchev–Trinajstić information content (AvgIpc) is 2.44. The molecule has 0 saturated carbocycles. The van der Waals surface area contributed by atoms with Crippen molar-refractivity contribution in [2.45, 2.75) is 20.8 Å². The zero-order valence-electron chi connectivity index (χ0n) is 12.4. The third-order valence-corrected chi connectivity index (χ3v) is 3.16. The summed E-state index contributed by atoms with van der Waals surface area (Å²) in [4.78, 5) is 11.8. The summed E-state index contributed by atoms with van der Waals surface area (Å²) < 4.78 is 18.9. The number of carbonyl (C=O) groups is 1. The van der Waals surface area contributed by atoms with Crippen LogP contribution >= 0.6 is 0 Å². The smallest absolute Gasteiger partial charge is 0.262 e. The zero-order chi connectivity index (χ0) is 15.4. The summed E-state index contributed by atoms with van der Waals surface area (Å²) in [6.45, 7) is 5.44. The molecule has 1 amide bonds. The molecule has 0 fully saturated rings. The highest BCUT2D eigenvalue weighted by Gasteiger charge is 2.07. The summed E-state index contributed by atoms with van der Waals surface area (Å²) in [5.74, 6) is 0.0163. The van der Waals surface area contributed by atoms with Crippen LogP contribution in [0, 0.1) is 26.6 Å². The van der Waals surface area contributed by atoms with Gasteiger partial charge >= 0.3 is 0 Å². The van der Waals surface area contributed by atoms with E-state index in [4.69, 9.17) is 4.74 Å².